The zero-order chi connectivity index (χ0) is 10.7. The van der Waals surface area contributed by atoms with E-state index in [4.69, 9.17) is 0 Å². The Balaban J connectivity index is 2.89. The normalized spacial score (nSPS) is 17.7. The van der Waals surface area contributed by atoms with Crippen molar-refractivity contribution in [1.29, 1.82) is 0 Å². The molecule has 0 nitrogen and oxygen atoms in total. The molecule has 14 heavy (non-hydrogen) atoms. The van der Waals surface area contributed by atoms with Crippen LogP contribution in [-0.4, -0.2) is 20.8 Å². The molecule has 0 aromatic carbocycles. The zero-order valence-corrected chi connectivity index (χ0v) is 12.5. The summed E-state index contributed by atoms with van der Waals surface area (Å²) in [6.07, 6.45) is 6.04. The van der Waals surface area contributed by atoms with Gasteiger partial charge in [-0.05, 0) is 23.1 Å². The van der Waals surface area contributed by atoms with Crippen LogP contribution in [0.1, 0.15) is 34.1 Å². The molecular weight excluding hydrogens is 203 g/mol. The predicted octanol–water partition coefficient (Wildman–Crippen LogP) is 3.67. The average molecular weight is 226 g/mol. The Morgan fingerprint density at radius 1 is 1.21 bits per heavy atom. The minimum Gasteiger partial charge on any atom is -0.0802 e. The van der Waals surface area contributed by atoms with Crippen LogP contribution in [0, 0.1) is 0 Å². The Hall–Kier alpha value is 0.127. The molecule has 0 saturated heterocycles. The first kappa shape index (κ1) is 12.2. The zero-order valence-electron chi connectivity index (χ0n) is 10.2. The van der Waals surface area contributed by atoms with E-state index in [1.165, 1.54) is 6.42 Å². The lowest BCUT2D eigenvalue weighted by Crippen LogP contribution is -2.06. The van der Waals surface area contributed by atoms with E-state index in [0.717, 1.165) is 11.3 Å². The molecule has 0 aromatic heterocycles. The molecule has 0 saturated carbocycles. The van der Waals surface area contributed by atoms with Gasteiger partial charge in [-0.1, -0.05) is 59.5 Å². The van der Waals surface area contributed by atoms with Gasteiger partial charge in [0.05, 0.1) is 9.52 Å². The Kier molecular flexibility index (Phi) is 4.60. The lowest BCUT2D eigenvalue weighted by atomic mass is 10.5. The molecule has 1 aliphatic carbocycles. The molecule has 0 atom stereocenters. The van der Waals surface area contributed by atoms with Gasteiger partial charge in [-0.2, -0.15) is 0 Å². The number of allylic oxidation sites excluding steroid dienone is 4. The lowest BCUT2D eigenvalue weighted by Gasteiger charge is -2.28. The summed E-state index contributed by atoms with van der Waals surface area (Å²) in [4.78, 5) is 0. The molecule has 0 fully saturated rings. The highest BCUT2D eigenvalue weighted by atomic mass is 31.1. The van der Waals surface area contributed by atoms with Crippen molar-refractivity contribution in [2.24, 2.45) is 0 Å². The van der Waals surface area contributed by atoms with Crippen molar-refractivity contribution in [2.45, 2.75) is 52.0 Å². The van der Waals surface area contributed by atoms with E-state index in [-0.39, 0.29) is 17.4 Å². The van der Waals surface area contributed by atoms with Crippen molar-refractivity contribution in [3.05, 3.63) is 22.7 Å². The van der Waals surface area contributed by atoms with Gasteiger partial charge in [0.15, 0.2) is 0 Å². The maximum atomic E-state index is 2.42. The first-order valence-electron chi connectivity index (χ1n) is 5.74. The van der Waals surface area contributed by atoms with Gasteiger partial charge >= 0.3 is 0 Å². The van der Waals surface area contributed by atoms with Crippen LogP contribution in [0.25, 0.3) is 0 Å². The molecule has 0 N–H and O–H groups in total. The minimum atomic E-state index is 0.0453. The second kappa shape index (κ2) is 5.28. The fraction of sp³-hybridized carbons (Fsp3) is 0.667. The monoisotopic (exact) mass is 226 g/mol. The minimum absolute atomic E-state index is 0.0453. The molecule has 0 unspecified atom stereocenters. The molecule has 1 rings (SSSR count). The highest BCUT2D eigenvalue weighted by Gasteiger charge is 2.23. The van der Waals surface area contributed by atoms with Crippen molar-refractivity contribution in [1.82, 2.24) is 0 Å². The molecule has 1 aliphatic rings. The van der Waals surface area contributed by atoms with Crippen molar-refractivity contribution >= 4 is 17.4 Å². The van der Waals surface area contributed by atoms with Crippen LogP contribution in [0.5, 0.6) is 0 Å². The molecule has 0 aliphatic heterocycles. The van der Waals surface area contributed by atoms with Crippen LogP contribution in [0.2, 0.25) is 6.55 Å². The van der Waals surface area contributed by atoms with Gasteiger partial charge in [-0.15, -0.1) is 0 Å². The molecule has 0 spiro atoms. The summed E-state index contributed by atoms with van der Waals surface area (Å²) in [6, 6.07) is 0. The number of rotatable bonds is 4. The first-order chi connectivity index (χ1) is 6.57. The lowest BCUT2D eigenvalue weighted by molar-refractivity contribution is 1.01. The Morgan fingerprint density at radius 3 is 2.21 bits per heavy atom. The van der Waals surface area contributed by atoms with E-state index in [1.54, 1.807) is 5.20 Å². The predicted molar refractivity (Wildman–Crippen MR) is 72.4 cm³/mol. The standard InChI is InChI=1S/C12H23PSi/c1-9(2)13(10(3)4)11-7-6-8-12(11)14-5/h6,8-10H,7,14H2,1-5H3. The van der Waals surface area contributed by atoms with Crippen LogP contribution in [0.15, 0.2) is 22.7 Å². The molecule has 0 radical (unpaired) electrons. The quantitative estimate of drug-likeness (QED) is 0.507. The van der Waals surface area contributed by atoms with E-state index < -0.39 is 0 Å². The summed E-state index contributed by atoms with van der Waals surface area (Å²) in [7, 11) is 0.172. The Labute approximate surface area is 92.4 Å². The molecule has 2 heteroatoms. The second-order valence-electron chi connectivity index (χ2n) is 4.53. The first-order valence-corrected chi connectivity index (χ1v) is 9.35. The third kappa shape index (κ3) is 2.58. The third-order valence-electron chi connectivity index (χ3n) is 2.81. The van der Waals surface area contributed by atoms with Gasteiger partial charge < -0.3 is 0 Å². The van der Waals surface area contributed by atoms with E-state index in [1.807, 2.05) is 5.31 Å². The maximum absolute atomic E-state index is 2.42. The summed E-state index contributed by atoms with van der Waals surface area (Å²) < 4.78 is 0. The van der Waals surface area contributed by atoms with Crippen LogP contribution in [0.4, 0.5) is 0 Å². The van der Waals surface area contributed by atoms with Crippen LogP contribution in [0.3, 0.4) is 0 Å². The van der Waals surface area contributed by atoms with Crippen LogP contribution >= 0.6 is 7.92 Å². The largest absolute Gasteiger partial charge is 0.0802 e. The van der Waals surface area contributed by atoms with Gasteiger partial charge in [-0.25, -0.2) is 0 Å². The van der Waals surface area contributed by atoms with Crippen molar-refractivity contribution in [3.63, 3.8) is 0 Å². The fourth-order valence-electron chi connectivity index (χ4n) is 2.35. The number of hydrogen-bond donors (Lipinski definition) is 0. The average Bonchev–Trinajstić information content (AvgIpc) is 2.51. The molecule has 0 heterocycles. The van der Waals surface area contributed by atoms with E-state index in [0.29, 0.717) is 0 Å². The summed E-state index contributed by atoms with van der Waals surface area (Å²) in [5.41, 5.74) is 1.71. The third-order valence-corrected chi connectivity index (χ3v) is 7.85. The maximum Gasteiger partial charge on any atom is 0.0521 e. The fourth-order valence-corrected chi connectivity index (χ4v) is 7.49. The Morgan fingerprint density at radius 2 is 1.79 bits per heavy atom. The van der Waals surface area contributed by atoms with Gasteiger partial charge in [-0.3, -0.25) is 0 Å². The molecule has 0 amide bonds. The smallest absolute Gasteiger partial charge is 0.0521 e. The van der Waals surface area contributed by atoms with E-state index in [2.05, 4.69) is 46.4 Å². The van der Waals surface area contributed by atoms with E-state index >= 15 is 0 Å². The van der Waals surface area contributed by atoms with Crippen molar-refractivity contribution < 1.29 is 0 Å². The van der Waals surface area contributed by atoms with Crippen molar-refractivity contribution in [3.8, 4) is 0 Å². The summed E-state index contributed by atoms with van der Waals surface area (Å²) in [6.45, 7) is 12.0. The van der Waals surface area contributed by atoms with Gasteiger partial charge in [0, 0.05) is 0 Å². The number of hydrogen-bond acceptors (Lipinski definition) is 0. The highest BCUT2D eigenvalue weighted by Crippen LogP contribution is 2.57. The topological polar surface area (TPSA) is 0 Å². The van der Waals surface area contributed by atoms with Gasteiger partial charge in [0.25, 0.3) is 0 Å². The van der Waals surface area contributed by atoms with E-state index in [9.17, 15) is 0 Å². The van der Waals surface area contributed by atoms with Gasteiger partial charge in [0.2, 0.25) is 0 Å². The molecule has 0 bridgehead atoms. The van der Waals surface area contributed by atoms with Gasteiger partial charge in [0.1, 0.15) is 0 Å². The summed E-state index contributed by atoms with van der Waals surface area (Å²) in [5.74, 6) is 0. The van der Waals surface area contributed by atoms with Crippen LogP contribution < -0.4 is 0 Å². The molecular formula is C12H23PSi. The Bertz CT molecular complexity index is 243. The second-order valence-corrected chi connectivity index (χ2v) is 9.42. The summed E-state index contributed by atoms with van der Waals surface area (Å²) >= 11 is 0. The van der Waals surface area contributed by atoms with Crippen LogP contribution in [-0.2, 0) is 0 Å². The molecule has 80 valence electrons. The highest BCUT2D eigenvalue weighted by molar-refractivity contribution is 7.63. The summed E-state index contributed by atoms with van der Waals surface area (Å²) in [5, 5.41) is 3.60. The SMILES string of the molecule is C[SiH2]C1=C(P(C(C)C)C(C)C)CC=C1. The van der Waals surface area contributed by atoms with Crippen molar-refractivity contribution in [2.75, 3.05) is 0 Å². The molecule has 0 aromatic rings.